The molecule has 1 aliphatic rings. The van der Waals surface area contributed by atoms with E-state index in [1.54, 1.807) is 0 Å². The van der Waals surface area contributed by atoms with E-state index >= 15 is 0 Å². The topological polar surface area (TPSA) is 41.7 Å². The van der Waals surface area contributed by atoms with Crippen LogP contribution in [-0.4, -0.2) is 16.2 Å². The third-order valence-electron chi connectivity index (χ3n) is 11.3. The largest absolute Gasteiger partial charge is 0.344 e. The summed E-state index contributed by atoms with van der Waals surface area (Å²) in [5.41, 5.74) is 9.33. The van der Waals surface area contributed by atoms with Gasteiger partial charge in [-0.15, -0.1) is 22.7 Å². The molecule has 1 N–H and O–H groups in total. The second kappa shape index (κ2) is 12.8. The SMILES string of the molecule is c1ccc(C2=NC(c3ccc4sc5c(-c6cccc7c6sc6ccc(-n8c9ccccc9c9ccccc98)cc67)cccc5c4c3)NC(c3ccccc3)=N2)cc1. The number of hydrogen-bond acceptors (Lipinski definition) is 5. The molecule has 0 bridgehead atoms. The van der Waals surface area contributed by atoms with Gasteiger partial charge in [-0.1, -0.05) is 140 Å². The molecule has 1 atom stereocenters. The highest BCUT2D eigenvalue weighted by molar-refractivity contribution is 7.27. The molecule has 1 aliphatic heterocycles. The van der Waals surface area contributed by atoms with E-state index in [0.717, 1.165) is 28.4 Å². The van der Waals surface area contributed by atoms with Crippen LogP contribution in [0.1, 0.15) is 22.9 Å². The lowest BCUT2D eigenvalue weighted by molar-refractivity contribution is 0.675. The number of thiophene rings is 2. The van der Waals surface area contributed by atoms with E-state index < -0.39 is 0 Å². The number of amidine groups is 2. The van der Waals surface area contributed by atoms with Gasteiger partial charge in [-0.05, 0) is 48.0 Å². The van der Waals surface area contributed by atoms with Crippen molar-refractivity contribution in [3.63, 3.8) is 0 Å². The Kier molecular flexibility index (Phi) is 7.30. The van der Waals surface area contributed by atoms with Crippen molar-refractivity contribution in [2.75, 3.05) is 0 Å². The van der Waals surface area contributed by atoms with Gasteiger partial charge >= 0.3 is 0 Å². The van der Waals surface area contributed by atoms with Crippen molar-refractivity contribution < 1.29 is 0 Å². The molecule has 11 aromatic rings. The van der Waals surface area contributed by atoms with E-state index in [2.05, 4.69) is 155 Å². The normalized spacial score (nSPS) is 14.5. The van der Waals surface area contributed by atoms with E-state index in [1.165, 1.54) is 79.0 Å². The second-order valence-electron chi connectivity index (χ2n) is 14.6. The van der Waals surface area contributed by atoms with E-state index in [0.29, 0.717) is 0 Å². The van der Waals surface area contributed by atoms with Crippen LogP contribution < -0.4 is 5.32 Å². The standard InChI is InChI=1S/C51H32N4S2/c1-3-13-31(14-4-1)49-52-50(32-15-5-2-6-16-32)54-51(53-49)33-25-27-45-41(29-33)39-21-11-19-37(47(39)56-45)38-20-12-22-40-42-30-34(26-28-46(42)57-48(38)40)55-43-23-9-7-17-35(43)36-18-8-10-24-44(36)55/h1-30,51H,(H,52,53,54). The predicted octanol–water partition coefficient (Wildman–Crippen LogP) is 13.7. The molecule has 0 saturated carbocycles. The van der Waals surface area contributed by atoms with Crippen LogP contribution in [0, 0.1) is 0 Å². The Balaban J connectivity index is 0.973. The fourth-order valence-corrected chi connectivity index (χ4v) is 11.0. The van der Waals surface area contributed by atoms with Crippen molar-refractivity contribution >= 4 is 96.5 Å². The van der Waals surface area contributed by atoms with Gasteiger partial charge in [-0.2, -0.15) is 0 Å². The summed E-state index contributed by atoms with van der Waals surface area (Å²) in [5.74, 6) is 1.56. The van der Waals surface area contributed by atoms with Gasteiger partial charge in [0.25, 0.3) is 0 Å². The van der Waals surface area contributed by atoms with E-state index in [1.807, 2.05) is 59.1 Å². The summed E-state index contributed by atoms with van der Waals surface area (Å²) in [5, 5.41) is 11.3. The summed E-state index contributed by atoms with van der Waals surface area (Å²) in [6.07, 6.45) is -0.282. The van der Waals surface area contributed by atoms with Crippen molar-refractivity contribution in [3.8, 4) is 16.8 Å². The molecule has 57 heavy (non-hydrogen) atoms. The third kappa shape index (κ3) is 5.18. The molecule has 3 aromatic heterocycles. The molecule has 0 fully saturated rings. The number of nitrogens with zero attached hydrogens (tertiary/aromatic N) is 3. The smallest absolute Gasteiger partial charge is 0.159 e. The quantitative estimate of drug-likeness (QED) is 0.186. The van der Waals surface area contributed by atoms with E-state index in [4.69, 9.17) is 9.98 Å². The molecular weight excluding hydrogens is 733 g/mol. The minimum Gasteiger partial charge on any atom is -0.344 e. The summed E-state index contributed by atoms with van der Waals surface area (Å²) in [7, 11) is 0. The van der Waals surface area contributed by atoms with Crippen molar-refractivity contribution in [1.29, 1.82) is 0 Å². The summed E-state index contributed by atoms with van der Waals surface area (Å²) in [6, 6.07) is 65.4. The van der Waals surface area contributed by atoms with Gasteiger partial charge in [0.05, 0.1) is 11.0 Å². The van der Waals surface area contributed by atoms with Crippen molar-refractivity contribution in [1.82, 2.24) is 9.88 Å². The minimum atomic E-state index is -0.282. The van der Waals surface area contributed by atoms with Gasteiger partial charge in [-0.3, -0.25) is 0 Å². The Bertz CT molecular complexity index is 3390. The van der Waals surface area contributed by atoms with Crippen LogP contribution in [0.2, 0.25) is 0 Å². The Labute approximate surface area is 336 Å². The summed E-state index contributed by atoms with van der Waals surface area (Å²) < 4.78 is 7.59. The van der Waals surface area contributed by atoms with Crippen LogP contribution >= 0.6 is 22.7 Å². The first kappa shape index (κ1) is 32.4. The van der Waals surface area contributed by atoms with Crippen LogP contribution in [0.3, 0.4) is 0 Å². The molecule has 0 saturated heterocycles. The number of rotatable bonds is 5. The Morgan fingerprint density at radius 2 is 1.00 bits per heavy atom. The lowest BCUT2D eigenvalue weighted by Crippen LogP contribution is -2.33. The fourth-order valence-electron chi connectivity index (χ4n) is 8.62. The summed E-state index contributed by atoms with van der Waals surface area (Å²) in [6.45, 7) is 0. The van der Waals surface area contributed by atoms with Crippen molar-refractivity contribution in [2.45, 2.75) is 6.17 Å². The first-order valence-corrected chi connectivity index (χ1v) is 20.8. The van der Waals surface area contributed by atoms with Gasteiger partial charge in [-0.25, -0.2) is 9.98 Å². The molecule has 4 heterocycles. The highest BCUT2D eigenvalue weighted by atomic mass is 32.1. The molecule has 8 aromatic carbocycles. The average Bonchev–Trinajstić information content (AvgIpc) is 3.96. The number of aliphatic imine (C=N–C) groups is 2. The number of aromatic nitrogens is 1. The van der Waals surface area contributed by atoms with Crippen LogP contribution in [0.4, 0.5) is 0 Å². The predicted molar refractivity (Wildman–Crippen MR) is 244 cm³/mol. The maximum Gasteiger partial charge on any atom is 0.159 e. The van der Waals surface area contributed by atoms with Crippen LogP contribution in [0.5, 0.6) is 0 Å². The second-order valence-corrected chi connectivity index (χ2v) is 16.7. The van der Waals surface area contributed by atoms with Gasteiger partial charge in [0, 0.05) is 79.1 Å². The monoisotopic (exact) mass is 764 g/mol. The fraction of sp³-hybridized carbons (Fsp3) is 0.0196. The minimum absolute atomic E-state index is 0.282. The molecule has 0 aliphatic carbocycles. The molecular formula is C51H32N4S2. The maximum absolute atomic E-state index is 5.16. The van der Waals surface area contributed by atoms with E-state index in [9.17, 15) is 0 Å². The first-order valence-electron chi connectivity index (χ1n) is 19.2. The third-order valence-corrected chi connectivity index (χ3v) is 13.7. The maximum atomic E-state index is 5.16. The highest BCUT2D eigenvalue weighted by Gasteiger charge is 2.23. The first-order chi connectivity index (χ1) is 28.2. The number of nitrogens with one attached hydrogen (secondary N) is 1. The summed E-state index contributed by atoms with van der Waals surface area (Å²) in [4.78, 5) is 10.1. The van der Waals surface area contributed by atoms with E-state index in [-0.39, 0.29) is 6.17 Å². The molecule has 0 amide bonds. The zero-order valence-electron chi connectivity index (χ0n) is 30.6. The Hall–Kier alpha value is -6.86. The molecule has 0 spiro atoms. The highest BCUT2D eigenvalue weighted by Crippen LogP contribution is 2.46. The molecule has 6 heteroatoms. The lowest BCUT2D eigenvalue weighted by Gasteiger charge is -2.23. The number of hydrogen-bond donors (Lipinski definition) is 1. The molecule has 1 unspecified atom stereocenters. The molecule has 268 valence electrons. The Morgan fingerprint density at radius 3 is 1.65 bits per heavy atom. The van der Waals surface area contributed by atoms with Gasteiger partial charge in [0.15, 0.2) is 5.84 Å². The van der Waals surface area contributed by atoms with Crippen LogP contribution in [-0.2, 0) is 0 Å². The number of benzene rings is 8. The van der Waals surface area contributed by atoms with Gasteiger partial charge < -0.3 is 9.88 Å². The van der Waals surface area contributed by atoms with Crippen LogP contribution in [0.25, 0.3) is 79.0 Å². The van der Waals surface area contributed by atoms with Crippen LogP contribution in [0.15, 0.2) is 192 Å². The summed E-state index contributed by atoms with van der Waals surface area (Å²) >= 11 is 3.76. The van der Waals surface area contributed by atoms with Gasteiger partial charge in [0.2, 0.25) is 0 Å². The molecule has 0 radical (unpaired) electrons. The lowest BCUT2D eigenvalue weighted by atomic mass is 10.00. The number of fused-ring (bicyclic) bond motifs is 9. The van der Waals surface area contributed by atoms with Crippen molar-refractivity contribution in [3.05, 3.63) is 199 Å². The molecule has 12 rings (SSSR count). The van der Waals surface area contributed by atoms with Gasteiger partial charge in [0.1, 0.15) is 12.0 Å². The molecule has 4 nitrogen and oxygen atoms in total. The number of para-hydroxylation sites is 2. The van der Waals surface area contributed by atoms with Crippen molar-refractivity contribution in [2.24, 2.45) is 9.98 Å². The Morgan fingerprint density at radius 1 is 0.456 bits per heavy atom. The zero-order chi connectivity index (χ0) is 37.5. The zero-order valence-corrected chi connectivity index (χ0v) is 32.2. The average molecular weight is 765 g/mol.